The van der Waals surface area contributed by atoms with Crippen molar-refractivity contribution in [1.29, 1.82) is 0 Å². The average molecular weight is 203 g/mol. The summed E-state index contributed by atoms with van der Waals surface area (Å²) in [5.41, 5.74) is 8.55. The predicted molar refractivity (Wildman–Crippen MR) is 63.7 cm³/mol. The molecule has 1 aromatic carbocycles. The Balaban J connectivity index is 2.20. The number of benzene rings is 1. The number of fused-ring (bicyclic) bond motifs is 1. The van der Waals surface area contributed by atoms with Crippen molar-refractivity contribution >= 4 is 16.7 Å². The first-order chi connectivity index (χ1) is 7.31. The van der Waals surface area contributed by atoms with E-state index in [1.54, 1.807) is 0 Å². The van der Waals surface area contributed by atoms with Gasteiger partial charge in [-0.3, -0.25) is 0 Å². The van der Waals surface area contributed by atoms with Crippen LogP contribution in [-0.2, 0) is 6.42 Å². The van der Waals surface area contributed by atoms with E-state index in [1.165, 1.54) is 19.3 Å². The third kappa shape index (κ3) is 2.12. The zero-order chi connectivity index (χ0) is 10.7. The van der Waals surface area contributed by atoms with Crippen LogP contribution in [0.5, 0.6) is 0 Å². The molecular weight excluding hydrogens is 186 g/mol. The van der Waals surface area contributed by atoms with Gasteiger partial charge in [0.1, 0.15) is 11.3 Å². The summed E-state index contributed by atoms with van der Waals surface area (Å²) >= 11 is 0. The molecule has 0 saturated heterocycles. The highest BCUT2D eigenvalue weighted by Crippen LogP contribution is 2.18. The molecule has 0 unspecified atom stereocenters. The number of aromatic nitrogens is 2. The zero-order valence-corrected chi connectivity index (χ0v) is 9.09. The predicted octanol–water partition coefficient (Wildman–Crippen LogP) is 2.88. The first-order valence-corrected chi connectivity index (χ1v) is 5.54. The summed E-state index contributed by atoms with van der Waals surface area (Å²) in [5.74, 6) is 1.05. The van der Waals surface area contributed by atoms with E-state index in [9.17, 15) is 0 Å². The molecule has 0 bridgehead atoms. The van der Waals surface area contributed by atoms with Gasteiger partial charge in [0.05, 0.1) is 11.2 Å². The summed E-state index contributed by atoms with van der Waals surface area (Å²) in [6.07, 6.45) is 4.70. The van der Waals surface area contributed by atoms with E-state index in [4.69, 9.17) is 5.73 Å². The Labute approximate surface area is 89.7 Å². The Bertz CT molecular complexity index is 445. The number of anilines is 1. The van der Waals surface area contributed by atoms with Gasteiger partial charge in [-0.2, -0.15) is 0 Å². The lowest BCUT2D eigenvalue weighted by Gasteiger charge is -1.93. The van der Waals surface area contributed by atoms with Crippen molar-refractivity contribution in [1.82, 2.24) is 9.97 Å². The maximum absolute atomic E-state index is 5.84. The number of nitrogens with zero attached hydrogens (tertiary/aromatic N) is 1. The number of rotatable bonds is 4. The molecule has 3 nitrogen and oxygen atoms in total. The molecule has 2 aromatic rings. The van der Waals surface area contributed by atoms with Crippen LogP contribution in [-0.4, -0.2) is 9.97 Å². The summed E-state index contributed by atoms with van der Waals surface area (Å²) in [4.78, 5) is 7.81. The topological polar surface area (TPSA) is 54.7 Å². The van der Waals surface area contributed by atoms with Crippen molar-refractivity contribution in [3.63, 3.8) is 0 Å². The van der Waals surface area contributed by atoms with Gasteiger partial charge in [0, 0.05) is 6.42 Å². The molecule has 0 saturated carbocycles. The lowest BCUT2D eigenvalue weighted by Crippen LogP contribution is -1.88. The fourth-order valence-electron chi connectivity index (χ4n) is 1.77. The van der Waals surface area contributed by atoms with E-state index in [1.807, 2.05) is 18.2 Å². The second-order valence-electron chi connectivity index (χ2n) is 3.88. The van der Waals surface area contributed by atoms with Gasteiger partial charge in [-0.1, -0.05) is 25.8 Å². The molecule has 3 heteroatoms. The highest BCUT2D eigenvalue weighted by atomic mass is 14.9. The van der Waals surface area contributed by atoms with E-state index >= 15 is 0 Å². The summed E-state index contributed by atoms with van der Waals surface area (Å²) in [6.45, 7) is 2.20. The van der Waals surface area contributed by atoms with Gasteiger partial charge in [0.15, 0.2) is 0 Å². The number of nitrogen functional groups attached to an aromatic ring is 1. The monoisotopic (exact) mass is 203 g/mol. The Kier molecular flexibility index (Phi) is 2.90. The molecule has 15 heavy (non-hydrogen) atoms. The highest BCUT2D eigenvalue weighted by Gasteiger charge is 2.04. The van der Waals surface area contributed by atoms with Crippen LogP contribution < -0.4 is 5.73 Å². The van der Waals surface area contributed by atoms with Crippen molar-refractivity contribution in [2.45, 2.75) is 32.6 Å². The standard InChI is InChI=1S/C12H17N3/c1-2-3-4-8-11-14-10-7-5-6-9(13)12(10)15-11/h5-7H,2-4,8,13H2,1H3,(H,14,15). The Morgan fingerprint density at radius 2 is 2.20 bits per heavy atom. The van der Waals surface area contributed by atoms with Gasteiger partial charge in [-0.05, 0) is 18.6 Å². The minimum atomic E-state index is 0.755. The summed E-state index contributed by atoms with van der Waals surface area (Å²) < 4.78 is 0. The van der Waals surface area contributed by atoms with Gasteiger partial charge in [-0.15, -0.1) is 0 Å². The molecule has 0 aliphatic rings. The lowest BCUT2D eigenvalue weighted by molar-refractivity contribution is 0.700. The number of nitrogens with two attached hydrogens (primary N) is 1. The van der Waals surface area contributed by atoms with Crippen LogP contribution in [0, 0.1) is 0 Å². The highest BCUT2D eigenvalue weighted by molar-refractivity contribution is 5.86. The lowest BCUT2D eigenvalue weighted by atomic mass is 10.2. The van der Waals surface area contributed by atoms with Crippen molar-refractivity contribution < 1.29 is 0 Å². The summed E-state index contributed by atoms with van der Waals surface area (Å²) in [5, 5.41) is 0. The number of aryl methyl sites for hydroxylation is 1. The molecule has 0 aliphatic carbocycles. The second kappa shape index (κ2) is 4.34. The number of imidazole rings is 1. The number of H-pyrrole nitrogens is 1. The Morgan fingerprint density at radius 3 is 2.93 bits per heavy atom. The first-order valence-electron chi connectivity index (χ1n) is 5.54. The molecule has 0 radical (unpaired) electrons. The van der Waals surface area contributed by atoms with Gasteiger partial charge in [0.25, 0.3) is 0 Å². The van der Waals surface area contributed by atoms with Crippen LogP contribution in [0.4, 0.5) is 5.69 Å². The molecule has 0 fully saturated rings. The van der Waals surface area contributed by atoms with Gasteiger partial charge >= 0.3 is 0 Å². The van der Waals surface area contributed by atoms with E-state index in [0.717, 1.165) is 29.0 Å². The van der Waals surface area contributed by atoms with Crippen LogP contribution in [0.2, 0.25) is 0 Å². The van der Waals surface area contributed by atoms with E-state index in [0.29, 0.717) is 0 Å². The van der Waals surface area contributed by atoms with E-state index < -0.39 is 0 Å². The SMILES string of the molecule is CCCCCc1nc2c(N)cccc2[nH]1. The number of para-hydroxylation sites is 1. The van der Waals surface area contributed by atoms with Crippen LogP contribution in [0.1, 0.15) is 32.0 Å². The number of unbranched alkanes of at least 4 members (excludes halogenated alkanes) is 2. The fraction of sp³-hybridized carbons (Fsp3) is 0.417. The van der Waals surface area contributed by atoms with E-state index in [-0.39, 0.29) is 0 Å². The van der Waals surface area contributed by atoms with Crippen molar-refractivity contribution in [2.24, 2.45) is 0 Å². The minimum Gasteiger partial charge on any atom is -0.397 e. The third-order valence-electron chi connectivity index (χ3n) is 2.61. The van der Waals surface area contributed by atoms with Gasteiger partial charge < -0.3 is 10.7 Å². The number of hydrogen-bond donors (Lipinski definition) is 2. The molecule has 2 rings (SSSR count). The molecule has 0 atom stereocenters. The van der Waals surface area contributed by atoms with Crippen LogP contribution in [0.15, 0.2) is 18.2 Å². The van der Waals surface area contributed by atoms with Crippen LogP contribution in [0.25, 0.3) is 11.0 Å². The maximum atomic E-state index is 5.84. The van der Waals surface area contributed by atoms with Crippen LogP contribution >= 0.6 is 0 Å². The molecule has 0 spiro atoms. The molecule has 0 amide bonds. The Morgan fingerprint density at radius 1 is 1.33 bits per heavy atom. The first kappa shape index (κ1) is 10.0. The molecule has 1 heterocycles. The zero-order valence-electron chi connectivity index (χ0n) is 9.09. The van der Waals surface area contributed by atoms with Crippen molar-refractivity contribution in [2.75, 3.05) is 5.73 Å². The minimum absolute atomic E-state index is 0.755. The van der Waals surface area contributed by atoms with Gasteiger partial charge in [-0.25, -0.2) is 4.98 Å². The third-order valence-corrected chi connectivity index (χ3v) is 2.61. The van der Waals surface area contributed by atoms with Gasteiger partial charge in [0.2, 0.25) is 0 Å². The number of hydrogen-bond acceptors (Lipinski definition) is 2. The summed E-state index contributed by atoms with van der Waals surface area (Å²) in [6, 6.07) is 5.85. The molecule has 1 aromatic heterocycles. The van der Waals surface area contributed by atoms with Crippen molar-refractivity contribution in [3.05, 3.63) is 24.0 Å². The number of aromatic amines is 1. The number of nitrogens with one attached hydrogen (secondary N) is 1. The smallest absolute Gasteiger partial charge is 0.111 e. The molecule has 3 N–H and O–H groups in total. The average Bonchev–Trinajstić information content (AvgIpc) is 2.63. The molecule has 0 aliphatic heterocycles. The quantitative estimate of drug-likeness (QED) is 0.593. The normalized spacial score (nSPS) is 11.0. The second-order valence-corrected chi connectivity index (χ2v) is 3.88. The molecule has 80 valence electrons. The van der Waals surface area contributed by atoms with E-state index in [2.05, 4.69) is 16.9 Å². The Hall–Kier alpha value is -1.51. The largest absolute Gasteiger partial charge is 0.397 e. The maximum Gasteiger partial charge on any atom is 0.111 e. The fourth-order valence-corrected chi connectivity index (χ4v) is 1.77. The van der Waals surface area contributed by atoms with Crippen LogP contribution in [0.3, 0.4) is 0 Å². The summed E-state index contributed by atoms with van der Waals surface area (Å²) in [7, 11) is 0. The molecular formula is C12H17N3. The van der Waals surface area contributed by atoms with Crippen molar-refractivity contribution in [3.8, 4) is 0 Å².